The summed E-state index contributed by atoms with van der Waals surface area (Å²) in [5.41, 5.74) is 6.76. The van der Waals surface area contributed by atoms with Crippen LogP contribution in [0.3, 0.4) is 0 Å². The molecule has 1 unspecified atom stereocenters. The van der Waals surface area contributed by atoms with Crippen molar-refractivity contribution in [3.05, 3.63) is 66.2 Å². The summed E-state index contributed by atoms with van der Waals surface area (Å²) in [7, 11) is 0. The molecule has 0 saturated heterocycles. The number of benzene rings is 2. The largest absolute Gasteiger partial charge is 0.306 e. The van der Waals surface area contributed by atoms with Crippen molar-refractivity contribution in [2.24, 2.45) is 0 Å². The van der Waals surface area contributed by atoms with Crippen LogP contribution in [0, 0.1) is 24.3 Å². The predicted octanol–water partition coefficient (Wildman–Crippen LogP) is 5.68. The Labute approximate surface area is 149 Å². The molecule has 112 valence electrons. The molecule has 21 heavy (non-hydrogen) atoms. The molecule has 0 aliphatic heterocycles. The molecule has 0 aliphatic carbocycles. The average molecular weight is 458 g/mol. The van der Waals surface area contributed by atoms with Gasteiger partial charge in [0.15, 0.2) is 0 Å². The first kappa shape index (κ1) is 17.0. The minimum absolute atomic E-state index is 0.235. The first-order valence-electron chi connectivity index (χ1n) is 7.20. The fraction of sp³-hybridized carbons (Fsp3) is 0.333. The number of aryl methyl sites for hydroxylation is 3. The summed E-state index contributed by atoms with van der Waals surface area (Å²) in [6, 6.07) is 11.3. The van der Waals surface area contributed by atoms with Gasteiger partial charge in [-0.15, -0.1) is 0 Å². The van der Waals surface area contributed by atoms with E-state index in [1.54, 1.807) is 0 Å². The third kappa shape index (κ3) is 3.88. The molecule has 0 heterocycles. The van der Waals surface area contributed by atoms with Gasteiger partial charge in [-0.2, -0.15) is 0 Å². The van der Waals surface area contributed by atoms with Gasteiger partial charge in [-0.3, -0.25) is 0 Å². The van der Waals surface area contributed by atoms with Crippen LogP contribution in [0.15, 0.2) is 34.8 Å². The summed E-state index contributed by atoms with van der Waals surface area (Å²) in [6.07, 6.45) is 0. The van der Waals surface area contributed by atoms with Gasteiger partial charge in [-0.1, -0.05) is 35.0 Å². The topological polar surface area (TPSA) is 12.0 Å². The molecule has 0 bridgehead atoms. The summed E-state index contributed by atoms with van der Waals surface area (Å²) >= 11 is 6.03. The van der Waals surface area contributed by atoms with Gasteiger partial charge in [-0.05, 0) is 95.9 Å². The molecule has 0 aromatic heterocycles. The van der Waals surface area contributed by atoms with E-state index in [1.807, 2.05) is 0 Å². The smallest absolute Gasteiger partial charge is 0.0590 e. The molecule has 1 nitrogen and oxygen atoms in total. The van der Waals surface area contributed by atoms with Gasteiger partial charge in [0, 0.05) is 8.04 Å². The third-order valence-electron chi connectivity index (χ3n) is 3.87. The zero-order valence-electron chi connectivity index (χ0n) is 12.9. The maximum absolute atomic E-state index is 3.65. The fourth-order valence-corrected chi connectivity index (χ4v) is 3.65. The van der Waals surface area contributed by atoms with Crippen LogP contribution in [0.4, 0.5) is 0 Å². The molecule has 1 atom stereocenters. The van der Waals surface area contributed by atoms with E-state index in [-0.39, 0.29) is 6.04 Å². The highest BCUT2D eigenvalue weighted by atomic mass is 127. The van der Waals surface area contributed by atoms with Crippen LogP contribution in [-0.2, 0) is 0 Å². The normalized spacial score (nSPS) is 12.5. The second-order valence-corrected chi connectivity index (χ2v) is 7.53. The van der Waals surface area contributed by atoms with Crippen LogP contribution < -0.4 is 5.32 Å². The molecule has 0 spiro atoms. The lowest BCUT2D eigenvalue weighted by atomic mass is 9.91. The second kappa shape index (κ2) is 7.25. The highest BCUT2D eigenvalue weighted by molar-refractivity contribution is 14.1. The fourth-order valence-electron chi connectivity index (χ4n) is 2.62. The molecular weight excluding hydrogens is 437 g/mol. The van der Waals surface area contributed by atoms with Gasteiger partial charge in [0.1, 0.15) is 0 Å². The van der Waals surface area contributed by atoms with Gasteiger partial charge >= 0.3 is 0 Å². The van der Waals surface area contributed by atoms with Crippen molar-refractivity contribution < 1.29 is 0 Å². The average Bonchev–Trinajstić information content (AvgIpc) is 2.43. The molecule has 2 aromatic carbocycles. The quantitative estimate of drug-likeness (QED) is 0.582. The minimum Gasteiger partial charge on any atom is -0.306 e. The number of nitrogens with one attached hydrogen (secondary N) is 1. The van der Waals surface area contributed by atoms with Gasteiger partial charge in [0.2, 0.25) is 0 Å². The first-order valence-corrected chi connectivity index (χ1v) is 9.07. The Bertz CT molecular complexity index is 652. The molecule has 0 amide bonds. The molecule has 1 N–H and O–H groups in total. The van der Waals surface area contributed by atoms with Crippen molar-refractivity contribution in [3.63, 3.8) is 0 Å². The van der Waals surface area contributed by atoms with Crippen LogP contribution in [0.25, 0.3) is 0 Å². The maximum Gasteiger partial charge on any atom is 0.0590 e. The molecule has 0 saturated carbocycles. The van der Waals surface area contributed by atoms with E-state index in [4.69, 9.17) is 0 Å². The Morgan fingerprint density at radius 2 is 1.67 bits per heavy atom. The zero-order chi connectivity index (χ0) is 15.6. The van der Waals surface area contributed by atoms with Crippen molar-refractivity contribution in [2.75, 3.05) is 6.54 Å². The molecule has 2 rings (SSSR count). The predicted molar refractivity (Wildman–Crippen MR) is 103 cm³/mol. The standard InChI is InChI=1S/C18H21BrIN/c1-5-21-18(16-10-14(19)6-7-17(16)20)15-9-12(3)11(2)8-13(15)4/h6-10,18,21H,5H2,1-4H3. The Balaban J connectivity index is 2.58. The lowest BCUT2D eigenvalue weighted by Gasteiger charge is -2.23. The Morgan fingerprint density at radius 1 is 1.00 bits per heavy atom. The van der Waals surface area contributed by atoms with E-state index in [1.165, 1.54) is 31.4 Å². The SMILES string of the molecule is CCNC(c1cc(C)c(C)cc1C)c1cc(Br)ccc1I. The van der Waals surface area contributed by atoms with Gasteiger partial charge in [0.25, 0.3) is 0 Å². The van der Waals surface area contributed by atoms with Crippen LogP contribution >= 0.6 is 38.5 Å². The van der Waals surface area contributed by atoms with E-state index in [0.29, 0.717) is 0 Å². The van der Waals surface area contributed by atoms with Crippen molar-refractivity contribution in [2.45, 2.75) is 33.7 Å². The molecule has 2 aromatic rings. The number of rotatable bonds is 4. The Kier molecular flexibility index (Phi) is 5.86. The summed E-state index contributed by atoms with van der Waals surface area (Å²) in [4.78, 5) is 0. The lowest BCUT2D eigenvalue weighted by molar-refractivity contribution is 0.624. The van der Waals surface area contributed by atoms with Crippen molar-refractivity contribution >= 4 is 38.5 Å². The second-order valence-electron chi connectivity index (χ2n) is 5.45. The first-order chi connectivity index (χ1) is 9.93. The van der Waals surface area contributed by atoms with E-state index >= 15 is 0 Å². The van der Waals surface area contributed by atoms with Crippen molar-refractivity contribution in [1.29, 1.82) is 0 Å². The molecule has 0 aliphatic rings. The van der Waals surface area contributed by atoms with E-state index in [2.05, 4.69) is 102 Å². The van der Waals surface area contributed by atoms with Crippen LogP contribution in [0.2, 0.25) is 0 Å². The van der Waals surface area contributed by atoms with Crippen molar-refractivity contribution in [1.82, 2.24) is 5.32 Å². The maximum atomic E-state index is 3.65. The van der Waals surface area contributed by atoms with E-state index < -0.39 is 0 Å². The third-order valence-corrected chi connectivity index (χ3v) is 5.35. The summed E-state index contributed by atoms with van der Waals surface area (Å²) < 4.78 is 2.42. The summed E-state index contributed by atoms with van der Waals surface area (Å²) in [5, 5.41) is 3.65. The zero-order valence-corrected chi connectivity index (χ0v) is 16.7. The summed E-state index contributed by atoms with van der Waals surface area (Å²) in [5.74, 6) is 0. The number of hydrogen-bond donors (Lipinski definition) is 1. The monoisotopic (exact) mass is 457 g/mol. The van der Waals surface area contributed by atoms with Gasteiger partial charge in [-0.25, -0.2) is 0 Å². The number of halogens is 2. The van der Waals surface area contributed by atoms with E-state index in [9.17, 15) is 0 Å². The Morgan fingerprint density at radius 3 is 2.33 bits per heavy atom. The molecule has 3 heteroatoms. The van der Waals surface area contributed by atoms with Crippen LogP contribution in [0.5, 0.6) is 0 Å². The molecule has 0 fully saturated rings. The van der Waals surface area contributed by atoms with Gasteiger partial charge < -0.3 is 5.32 Å². The van der Waals surface area contributed by atoms with Crippen molar-refractivity contribution in [3.8, 4) is 0 Å². The van der Waals surface area contributed by atoms with Crippen LogP contribution in [-0.4, -0.2) is 6.54 Å². The number of hydrogen-bond acceptors (Lipinski definition) is 1. The Hall–Kier alpha value is -0.390. The lowest BCUT2D eigenvalue weighted by Crippen LogP contribution is -2.24. The molecular formula is C18H21BrIN. The minimum atomic E-state index is 0.235. The van der Waals surface area contributed by atoms with Crippen LogP contribution in [0.1, 0.15) is 40.8 Å². The highest BCUT2D eigenvalue weighted by Crippen LogP contribution is 2.31. The van der Waals surface area contributed by atoms with Gasteiger partial charge in [0.05, 0.1) is 6.04 Å². The summed E-state index contributed by atoms with van der Waals surface area (Å²) in [6.45, 7) is 9.68. The molecule has 0 radical (unpaired) electrons. The van der Waals surface area contributed by atoms with E-state index in [0.717, 1.165) is 11.0 Å². The highest BCUT2D eigenvalue weighted by Gasteiger charge is 2.18.